The normalized spacial score (nSPS) is 19.9. The summed E-state index contributed by atoms with van der Waals surface area (Å²) in [6.07, 6.45) is 1.83. The van der Waals surface area contributed by atoms with E-state index in [9.17, 15) is 8.42 Å². The molecule has 2 rings (SSSR count). The van der Waals surface area contributed by atoms with Crippen LogP contribution in [-0.2, 0) is 21.4 Å². The van der Waals surface area contributed by atoms with Crippen molar-refractivity contribution < 1.29 is 22.7 Å². The van der Waals surface area contributed by atoms with Crippen LogP contribution in [0.25, 0.3) is 0 Å². The van der Waals surface area contributed by atoms with E-state index in [-0.39, 0.29) is 23.4 Å². The van der Waals surface area contributed by atoms with Gasteiger partial charge in [0.1, 0.15) is 23.0 Å². The number of hydrogen-bond acceptors (Lipinski definition) is 5. The summed E-state index contributed by atoms with van der Waals surface area (Å²) in [6.45, 7) is 4.51. The van der Waals surface area contributed by atoms with Gasteiger partial charge in [-0.2, -0.15) is 4.31 Å². The first-order valence-electron chi connectivity index (χ1n) is 6.81. The Bertz CT molecular complexity index is 545. The van der Waals surface area contributed by atoms with Gasteiger partial charge in [0.2, 0.25) is 10.0 Å². The topological polar surface area (TPSA) is 80.0 Å². The van der Waals surface area contributed by atoms with Crippen molar-refractivity contribution in [3.63, 3.8) is 0 Å². The Labute approximate surface area is 119 Å². The van der Waals surface area contributed by atoms with Gasteiger partial charge in [0.25, 0.3) is 0 Å². The van der Waals surface area contributed by atoms with Gasteiger partial charge in [-0.25, -0.2) is 8.42 Å². The largest absolute Gasteiger partial charge is 0.462 e. The lowest BCUT2D eigenvalue weighted by Gasteiger charge is -2.22. The molecule has 0 aromatic carbocycles. The minimum absolute atomic E-state index is 0.0331. The lowest BCUT2D eigenvalue weighted by atomic mass is 10.2. The van der Waals surface area contributed by atoms with Gasteiger partial charge in [0.05, 0.1) is 6.10 Å². The summed E-state index contributed by atoms with van der Waals surface area (Å²) < 4.78 is 37.4. The molecule has 114 valence electrons. The van der Waals surface area contributed by atoms with Crippen LogP contribution in [0.3, 0.4) is 0 Å². The average molecular weight is 303 g/mol. The van der Waals surface area contributed by atoms with Crippen molar-refractivity contribution in [1.29, 1.82) is 0 Å². The van der Waals surface area contributed by atoms with Crippen molar-refractivity contribution in [3.05, 3.63) is 17.6 Å². The van der Waals surface area contributed by atoms with Gasteiger partial charge in [-0.3, -0.25) is 0 Å². The van der Waals surface area contributed by atoms with Crippen molar-refractivity contribution in [2.24, 2.45) is 0 Å². The average Bonchev–Trinajstić information content (AvgIpc) is 3.04. The highest BCUT2D eigenvalue weighted by molar-refractivity contribution is 7.89. The second-order valence-corrected chi connectivity index (χ2v) is 6.79. The second kappa shape index (κ2) is 6.26. The summed E-state index contributed by atoms with van der Waals surface area (Å²) in [5.41, 5.74) is 0. The molecule has 1 aliphatic heterocycles. The van der Waals surface area contributed by atoms with Gasteiger partial charge in [-0.1, -0.05) is 6.92 Å². The standard InChI is InChI=1S/C13H21NO5S/c1-3-14(8-11-5-4-6-18-11)20(16,17)13-7-12(9-15)19-10(13)2/h7,11,15H,3-6,8-9H2,1-2H3. The van der Waals surface area contributed by atoms with Gasteiger partial charge in [0, 0.05) is 25.8 Å². The molecular weight excluding hydrogens is 282 g/mol. The van der Waals surface area contributed by atoms with Gasteiger partial charge >= 0.3 is 0 Å². The first-order chi connectivity index (χ1) is 9.48. The highest BCUT2D eigenvalue weighted by Gasteiger charge is 2.30. The molecule has 6 nitrogen and oxygen atoms in total. The van der Waals surface area contributed by atoms with Gasteiger partial charge in [-0.05, 0) is 19.8 Å². The van der Waals surface area contributed by atoms with Crippen LogP contribution in [0.4, 0.5) is 0 Å². The Hall–Kier alpha value is -0.890. The first kappa shape index (κ1) is 15.5. The maximum absolute atomic E-state index is 12.6. The zero-order valence-corrected chi connectivity index (χ0v) is 12.6. The van der Waals surface area contributed by atoms with E-state index < -0.39 is 10.0 Å². The fourth-order valence-corrected chi connectivity index (χ4v) is 4.08. The summed E-state index contributed by atoms with van der Waals surface area (Å²) >= 11 is 0. The number of sulfonamides is 1. The number of aliphatic hydroxyl groups is 1. The molecule has 0 bridgehead atoms. The quantitative estimate of drug-likeness (QED) is 0.856. The smallest absolute Gasteiger partial charge is 0.246 e. The summed E-state index contributed by atoms with van der Waals surface area (Å²) in [4.78, 5) is 0.126. The number of ether oxygens (including phenoxy) is 1. The molecule has 7 heteroatoms. The van der Waals surface area contributed by atoms with Crippen LogP contribution in [0, 0.1) is 6.92 Å². The summed E-state index contributed by atoms with van der Waals surface area (Å²) in [5, 5.41) is 9.04. The lowest BCUT2D eigenvalue weighted by Crippen LogP contribution is -2.37. The molecule has 1 atom stereocenters. The first-order valence-corrected chi connectivity index (χ1v) is 8.25. The summed E-state index contributed by atoms with van der Waals surface area (Å²) in [5.74, 6) is 0.564. The maximum atomic E-state index is 12.6. The minimum atomic E-state index is -3.61. The van der Waals surface area contributed by atoms with E-state index in [1.807, 2.05) is 0 Å². The molecular formula is C13H21NO5S. The van der Waals surface area contributed by atoms with E-state index in [0.29, 0.717) is 25.5 Å². The Balaban J connectivity index is 2.23. The Morgan fingerprint density at radius 1 is 1.50 bits per heavy atom. The third-order valence-electron chi connectivity index (χ3n) is 3.48. The van der Waals surface area contributed by atoms with Crippen LogP contribution in [0.15, 0.2) is 15.4 Å². The van der Waals surface area contributed by atoms with E-state index >= 15 is 0 Å². The minimum Gasteiger partial charge on any atom is -0.462 e. The van der Waals surface area contributed by atoms with Crippen molar-refractivity contribution in [2.45, 2.75) is 44.3 Å². The highest BCUT2D eigenvalue weighted by atomic mass is 32.2. The van der Waals surface area contributed by atoms with Crippen molar-refractivity contribution >= 4 is 10.0 Å². The number of nitrogens with zero attached hydrogens (tertiary/aromatic N) is 1. The molecule has 0 amide bonds. The molecule has 1 unspecified atom stereocenters. The molecule has 1 saturated heterocycles. The van der Waals surface area contributed by atoms with Crippen molar-refractivity contribution in [2.75, 3.05) is 19.7 Å². The fraction of sp³-hybridized carbons (Fsp3) is 0.692. The third-order valence-corrected chi connectivity index (χ3v) is 5.53. The molecule has 0 aliphatic carbocycles. The molecule has 0 spiro atoms. The zero-order chi connectivity index (χ0) is 14.8. The van der Waals surface area contributed by atoms with Crippen LogP contribution in [0.1, 0.15) is 31.3 Å². The van der Waals surface area contributed by atoms with E-state index in [0.717, 1.165) is 12.8 Å². The van der Waals surface area contributed by atoms with E-state index in [1.54, 1.807) is 13.8 Å². The molecule has 1 aliphatic rings. The Kier molecular flexibility index (Phi) is 4.85. The summed E-state index contributed by atoms with van der Waals surface area (Å²) in [6, 6.07) is 1.39. The van der Waals surface area contributed by atoms with Gasteiger partial charge < -0.3 is 14.3 Å². The number of rotatable bonds is 6. The predicted molar refractivity (Wildman–Crippen MR) is 72.8 cm³/mol. The van der Waals surface area contributed by atoms with Crippen LogP contribution >= 0.6 is 0 Å². The van der Waals surface area contributed by atoms with Crippen molar-refractivity contribution in [3.8, 4) is 0 Å². The number of likely N-dealkylation sites (N-methyl/N-ethyl adjacent to an activating group) is 1. The Morgan fingerprint density at radius 2 is 2.25 bits per heavy atom. The van der Waals surface area contributed by atoms with Crippen LogP contribution in [0.2, 0.25) is 0 Å². The Morgan fingerprint density at radius 3 is 2.75 bits per heavy atom. The molecule has 2 heterocycles. The third kappa shape index (κ3) is 3.06. The van der Waals surface area contributed by atoms with Crippen LogP contribution in [0.5, 0.6) is 0 Å². The van der Waals surface area contributed by atoms with Gasteiger partial charge in [-0.15, -0.1) is 0 Å². The van der Waals surface area contributed by atoms with E-state index in [1.165, 1.54) is 10.4 Å². The number of hydrogen-bond donors (Lipinski definition) is 1. The highest BCUT2D eigenvalue weighted by Crippen LogP contribution is 2.25. The second-order valence-electron chi connectivity index (χ2n) is 4.88. The van der Waals surface area contributed by atoms with E-state index in [2.05, 4.69) is 0 Å². The maximum Gasteiger partial charge on any atom is 0.246 e. The van der Waals surface area contributed by atoms with Gasteiger partial charge in [0.15, 0.2) is 0 Å². The molecule has 0 radical (unpaired) electrons. The predicted octanol–water partition coefficient (Wildman–Crippen LogP) is 1.27. The number of furan rings is 1. The fourth-order valence-electron chi connectivity index (χ4n) is 2.41. The molecule has 20 heavy (non-hydrogen) atoms. The SMILES string of the molecule is CCN(CC1CCCO1)S(=O)(=O)c1cc(CO)oc1C. The van der Waals surface area contributed by atoms with Crippen LogP contribution < -0.4 is 0 Å². The summed E-state index contributed by atoms with van der Waals surface area (Å²) in [7, 11) is -3.61. The van der Waals surface area contributed by atoms with Crippen LogP contribution in [-0.4, -0.2) is 43.6 Å². The monoisotopic (exact) mass is 303 g/mol. The van der Waals surface area contributed by atoms with E-state index in [4.69, 9.17) is 14.3 Å². The number of aryl methyl sites for hydroxylation is 1. The van der Waals surface area contributed by atoms with Crippen molar-refractivity contribution in [1.82, 2.24) is 4.31 Å². The lowest BCUT2D eigenvalue weighted by molar-refractivity contribution is 0.0946. The molecule has 1 N–H and O–H groups in total. The number of aliphatic hydroxyl groups excluding tert-OH is 1. The molecule has 1 fully saturated rings. The zero-order valence-electron chi connectivity index (χ0n) is 11.8. The molecule has 1 aromatic rings. The molecule has 0 saturated carbocycles. The molecule has 1 aromatic heterocycles.